The molecule has 1 atom stereocenters. The van der Waals surface area contributed by atoms with Crippen molar-refractivity contribution in [2.24, 2.45) is 7.05 Å². The molecule has 1 aromatic heterocycles. The van der Waals surface area contributed by atoms with Gasteiger partial charge in [0.05, 0.1) is 20.6 Å². The molecule has 2 aromatic carbocycles. The van der Waals surface area contributed by atoms with E-state index < -0.39 is 6.04 Å². The first-order valence-electron chi connectivity index (χ1n) is 10.6. The summed E-state index contributed by atoms with van der Waals surface area (Å²) >= 11 is 0. The Morgan fingerprint density at radius 3 is 2.26 bits per heavy atom. The predicted octanol–water partition coefficient (Wildman–Crippen LogP) is 4.23. The van der Waals surface area contributed by atoms with Gasteiger partial charge in [-0.05, 0) is 41.7 Å². The number of hydrogen-bond acceptors (Lipinski definition) is 4. The molecule has 0 saturated carbocycles. The van der Waals surface area contributed by atoms with Crippen LogP contribution in [0.15, 0.2) is 54.9 Å². The van der Waals surface area contributed by atoms with Crippen molar-refractivity contribution >= 4 is 5.91 Å². The maximum absolute atomic E-state index is 13.0. The third kappa shape index (κ3) is 5.87. The maximum atomic E-state index is 13.0. The highest BCUT2D eigenvalue weighted by Gasteiger charge is 2.22. The number of carbonyl (C=O) groups is 1. The van der Waals surface area contributed by atoms with Gasteiger partial charge in [-0.3, -0.25) is 4.79 Å². The van der Waals surface area contributed by atoms with E-state index in [1.54, 1.807) is 26.5 Å². The Labute approximate surface area is 184 Å². The first kappa shape index (κ1) is 22.4. The number of unbranched alkanes of at least 4 members (excludes halogenated alkanes) is 1. The lowest BCUT2D eigenvalue weighted by atomic mass is 10.0. The summed E-state index contributed by atoms with van der Waals surface area (Å²) in [6, 6.07) is 13.5. The monoisotopic (exact) mass is 421 g/mol. The van der Waals surface area contributed by atoms with Gasteiger partial charge in [-0.25, -0.2) is 4.98 Å². The molecular weight excluding hydrogens is 390 g/mol. The molecule has 1 amide bonds. The van der Waals surface area contributed by atoms with Gasteiger partial charge in [0.15, 0.2) is 0 Å². The summed E-state index contributed by atoms with van der Waals surface area (Å²) in [6.07, 6.45) is 7.31. The van der Waals surface area contributed by atoms with Crippen molar-refractivity contribution < 1.29 is 14.3 Å². The highest BCUT2D eigenvalue weighted by atomic mass is 16.5. The lowest BCUT2D eigenvalue weighted by Gasteiger charge is -2.20. The maximum Gasteiger partial charge on any atom is 0.225 e. The lowest BCUT2D eigenvalue weighted by molar-refractivity contribution is -0.121. The molecule has 3 aromatic rings. The van der Waals surface area contributed by atoms with E-state index in [2.05, 4.69) is 29.4 Å². The standard InChI is InChI=1S/C25H31N3O3/c1-5-6-7-18-8-10-19(11-9-18)14-23(29)27-24(25-26-12-13-28(25)2)20-15-21(30-3)17-22(16-20)31-4/h8-13,15-17,24H,5-7,14H2,1-4H3,(H,27,29). The van der Waals surface area contributed by atoms with E-state index in [1.807, 2.05) is 42.1 Å². The summed E-state index contributed by atoms with van der Waals surface area (Å²) < 4.78 is 12.7. The molecule has 0 aliphatic rings. The smallest absolute Gasteiger partial charge is 0.225 e. The molecule has 1 unspecified atom stereocenters. The molecule has 1 heterocycles. The summed E-state index contributed by atoms with van der Waals surface area (Å²) in [6.45, 7) is 2.19. The van der Waals surface area contributed by atoms with Crippen LogP contribution in [-0.4, -0.2) is 29.7 Å². The van der Waals surface area contributed by atoms with Crippen LogP contribution < -0.4 is 14.8 Å². The first-order valence-corrected chi connectivity index (χ1v) is 10.6. The van der Waals surface area contributed by atoms with Crippen LogP contribution in [0.2, 0.25) is 0 Å². The van der Waals surface area contributed by atoms with E-state index in [9.17, 15) is 4.79 Å². The van der Waals surface area contributed by atoms with E-state index >= 15 is 0 Å². The van der Waals surface area contributed by atoms with Crippen molar-refractivity contribution in [1.29, 1.82) is 0 Å². The largest absolute Gasteiger partial charge is 0.497 e. The summed E-state index contributed by atoms with van der Waals surface area (Å²) in [5, 5.41) is 3.14. The molecule has 0 fully saturated rings. The Balaban J connectivity index is 1.81. The Hall–Kier alpha value is -3.28. The van der Waals surface area contributed by atoms with E-state index in [-0.39, 0.29) is 5.91 Å². The molecule has 0 aliphatic heterocycles. The zero-order chi connectivity index (χ0) is 22.2. The second kappa shape index (κ2) is 10.7. The van der Waals surface area contributed by atoms with Crippen LogP contribution >= 0.6 is 0 Å². The lowest BCUT2D eigenvalue weighted by Crippen LogP contribution is -2.32. The van der Waals surface area contributed by atoms with E-state index in [0.29, 0.717) is 17.9 Å². The minimum atomic E-state index is -0.430. The van der Waals surface area contributed by atoms with E-state index in [0.717, 1.165) is 23.4 Å². The molecule has 1 N–H and O–H groups in total. The van der Waals surface area contributed by atoms with Gasteiger partial charge in [0.2, 0.25) is 5.91 Å². The molecule has 0 spiro atoms. The number of aromatic nitrogens is 2. The van der Waals surface area contributed by atoms with Gasteiger partial charge in [-0.2, -0.15) is 0 Å². The van der Waals surface area contributed by atoms with Crippen LogP contribution in [0.3, 0.4) is 0 Å². The third-order valence-corrected chi connectivity index (χ3v) is 5.34. The average molecular weight is 422 g/mol. The summed E-state index contributed by atoms with van der Waals surface area (Å²) in [5.74, 6) is 1.98. The van der Waals surface area contributed by atoms with Crippen LogP contribution in [0.5, 0.6) is 11.5 Å². The predicted molar refractivity (Wildman–Crippen MR) is 121 cm³/mol. The Kier molecular flexibility index (Phi) is 7.70. The summed E-state index contributed by atoms with van der Waals surface area (Å²) in [5.41, 5.74) is 3.13. The zero-order valence-electron chi connectivity index (χ0n) is 18.7. The molecule has 0 bridgehead atoms. The second-order valence-corrected chi connectivity index (χ2v) is 7.64. The Morgan fingerprint density at radius 2 is 1.71 bits per heavy atom. The fourth-order valence-electron chi connectivity index (χ4n) is 3.55. The fourth-order valence-corrected chi connectivity index (χ4v) is 3.55. The van der Waals surface area contributed by atoms with Crippen LogP contribution in [-0.2, 0) is 24.7 Å². The minimum Gasteiger partial charge on any atom is -0.497 e. The number of methoxy groups -OCH3 is 2. The van der Waals surface area contributed by atoms with Gasteiger partial charge in [0, 0.05) is 25.5 Å². The van der Waals surface area contributed by atoms with Crippen LogP contribution in [0, 0.1) is 0 Å². The quantitative estimate of drug-likeness (QED) is 0.532. The average Bonchev–Trinajstić information content (AvgIpc) is 3.22. The number of carbonyl (C=O) groups excluding carboxylic acids is 1. The van der Waals surface area contributed by atoms with Crippen molar-refractivity contribution in [1.82, 2.24) is 14.9 Å². The highest BCUT2D eigenvalue weighted by molar-refractivity contribution is 5.79. The van der Waals surface area contributed by atoms with Crippen LogP contribution in [0.1, 0.15) is 48.3 Å². The van der Waals surface area contributed by atoms with Gasteiger partial charge < -0.3 is 19.4 Å². The number of ether oxygens (including phenoxy) is 2. The number of hydrogen-bond donors (Lipinski definition) is 1. The molecule has 6 heteroatoms. The first-order chi connectivity index (χ1) is 15.0. The van der Waals surface area contributed by atoms with Gasteiger partial charge >= 0.3 is 0 Å². The molecule has 6 nitrogen and oxygen atoms in total. The Bertz CT molecular complexity index is 973. The summed E-state index contributed by atoms with van der Waals surface area (Å²) in [7, 11) is 5.13. The van der Waals surface area contributed by atoms with Crippen LogP contribution in [0.25, 0.3) is 0 Å². The molecule has 0 aliphatic carbocycles. The van der Waals surface area contributed by atoms with E-state index in [1.165, 1.54) is 18.4 Å². The number of nitrogens with one attached hydrogen (secondary N) is 1. The molecule has 0 radical (unpaired) electrons. The number of nitrogens with zero attached hydrogens (tertiary/aromatic N) is 2. The summed E-state index contributed by atoms with van der Waals surface area (Å²) in [4.78, 5) is 17.4. The number of rotatable bonds is 10. The van der Waals surface area contributed by atoms with Crippen molar-refractivity contribution in [3.05, 3.63) is 77.4 Å². The van der Waals surface area contributed by atoms with Gasteiger partial charge in [-0.15, -0.1) is 0 Å². The Morgan fingerprint density at radius 1 is 1.06 bits per heavy atom. The van der Waals surface area contributed by atoms with Crippen molar-refractivity contribution in [2.45, 2.75) is 38.6 Å². The van der Waals surface area contributed by atoms with Gasteiger partial charge in [0.25, 0.3) is 0 Å². The number of amides is 1. The molecule has 3 rings (SSSR count). The fraction of sp³-hybridized carbons (Fsp3) is 0.360. The van der Waals surface area contributed by atoms with Gasteiger partial charge in [-0.1, -0.05) is 37.6 Å². The normalized spacial score (nSPS) is 11.7. The zero-order valence-corrected chi connectivity index (χ0v) is 18.7. The number of aryl methyl sites for hydroxylation is 2. The minimum absolute atomic E-state index is 0.0731. The second-order valence-electron chi connectivity index (χ2n) is 7.64. The van der Waals surface area contributed by atoms with Gasteiger partial charge in [0.1, 0.15) is 23.4 Å². The number of imidazole rings is 1. The molecular formula is C25H31N3O3. The molecule has 0 saturated heterocycles. The van der Waals surface area contributed by atoms with Crippen molar-refractivity contribution in [2.75, 3.05) is 14.2 Å². The number of benzene rings is 2. The molecule has 164 valence electrons. The molecule has 31 heavy (non-hydrogen) atoms. The SMILES string of the molecule is CCCCc1ccc(CC(=O)NC(c2cc(OC)cc(OC)c2)c2nccn2C)cc1. The van der Waals surface area contributed by atoms with Crippen molar-refractivity contribution in [3.8, 4) is 11.5 Å². The highest BCUT2D eigenvalue weighted by Crippen LogP contribution is 2.29. The topological polar surface area (TPSA) is 65.4 Å². The van der Waals surface area contributed by atoms with Crippen molar-refractivity contribution in [3.63, 3.8) is 0 Å². The third-order valence-electron chi connectivity index (χ3n) is 5.34. The van der Waals surface area contributed by atoms with E-state index in [4.69, 9.17) is 9.47 Å². The van der Waals surface area contributed by atoms with Crippen LogP contribution in [0.4, 0.5) is 0 Å².